The van der Waals surface area contributed by atoms with Gasteiger partial charge in [-0.15, -0.1) is 0 Å². The van der Waals surface area contributed by atoms with Crippen molar-refractivity contribution in [3.8, 4) is 5.75 Å². The van der Waals surface area contributed by atoms with E-state index in [2.05, 4.69) is 10.6 Å². The predicted octanol–water partition coefficient (Wildman–Crippen LogP) is 3.99. The molecule has 2 aromatic rings. The largest absolute Gasteiger partial charge is 0.488 e. The number of benzene rings is 2. The van der Waals surface area contributed by atoms with E-state index >= 15 is 0 Å². The molecule has 0 radical (unpaired) electrons. The van der Waals surface area contributed by atoms with Gasteiger partial charge in [-0.2, -0.15) is 0 Å². The van der Waals surface area contributed by atoms with Crippen molar-refractivity contribution in [2.45, 2.75) is 25.5 Å². The van der Waals surface area contributed by atoms with Gasteiger partial charge < -0.3 is 30.4 Å². The summed E-state index contributed by atoms with van der Waals surface area (Å²) in [6.07, 6.45) is -0.678. The van der Waals surface area contributed by atoms with Gasteiger partial charge in [-0.05, 0) is 37.6 Å². The Labute approximate surface area is 211 Å². The molecule has 3 N–H and O–H groups in total. The molecule has 2 atom stereocenters. The third-order valence-corrected chi connectivity index (χ3v) is 6.53. The minimum Gasteiger partial charge on any atom is -0.488 e. The molecule has 2 aliphatic heterocycles. The Morgan fingerprint density at radius 3 is 2.67 bits per heavy atom. The van der Waals surface area contributed by atoms with Gasteiger partial charge in [0.15, 0.2) is 6.10 Å². The lowest BCUT2D eigenvalue weighted by molar-refractivity contribution is 0.0728. The van der Waals surface area contributed by atoms with Crippen LogP contribution in [0.2, 0.25) is 5.02 Å². The normalized spacial score (nSPS) is 21.1. The molecule has 4 rings (SSSR count). The van der Waals surface area contributed by atoms with Crippen molar-refractivity contribution in [1.29, 1.82) is 5.41 Å². The zero-order valence-corrected chi connectivity index (χ0v) is 20.4. The van der Waals surface area contributed by atoms with Crippen molar-refractivity contribution in [2.24, 2.45) is 0 Å². The van der Waals surface area contributed by atoms with E-state index < -0.39 is 29.9 Å². The number of hydrogen-bond acceptors (Lipinski definition) is 6. The van der Waals surface area contributed by atoms with Crippen LogP contribution in [-0.2, 0) is 4.74 Å². The Hall–Kier alpha value is -3.66. The maximum absolute atomic E-state index is 13.8. The number of ether oxygens (including phenoxy) is 2. The van der Waals surface area contributed by atoms with Gasteiger partial charge >= 0.3 is 6.09 Å². The second-order valence-electron chi connectivity index (χ2n) is 8.44. The molecule has 2 aliphatic rings. The third kappa shape index (κ3) is 5.13. The number of nitrogens with one attached hydrogen (secondary N) is 3. The van der Waals surface area contributed by atoms with E-state index in [-0.39, 0.29) is 46.7 Å². The van der Waals surface area contributed by atoms with Gasteiger partial charge in [0, 0.05) is 36.5 Å². The maximum atomic E-state index is 13.8. The highest BCUT2D eigenvalue weighted by atomic mass is 35.5. The number of piperidine rings is 1. The van der Waals surface area contributed by atoms with Crippen molar-refractivity contribution in [1.82, 2.24) is 15.5 Å². The summed E-state index contributed by atoms with van der Waals surface area (Å²) >= 11 is 6.49. The van der Waals surface area contributed by atoms with Crippen LogP contribution in [0.1, 0.15) is 29.3 Å². The molecule has 11 heteroatoms. The topological polar surface area (TPSA) is 104 Å². The molecule has 2 aromatic carbocycles. The van der Waals surface area contributed by atoms with Gasteiger partial charge in [0.05, 0.1) is 28.9 Å². The molecule has 2 amide bonds. The standard InChI is InChI=1S/C25H25ClF2N4O4/c1-13-22(29)19(23(30-2)14-8-15(27)10-16(28)9-14)6-7-32(13)24(33)18-4-3-5-20(21(18)26)35-12-17-11-31-25(34)36-17/h3-5,8-10,13,17,29-30H,6-7,11-12H2,1-2H3,(H,31,34)/b23-19-,29-22?/t13-,17?/m0/s1. The Kier molecular flexibility index (Phi) is 7.44. The first kappa shape index (κ1) is 25.4. The van der Waals surface area contributed by atoms with Crippen LogP contribution in [0, 0.1) is 17.0 Å². The van der Waals surface area contributed by atoms with Crippen molar-refractivity contribution >= 4 is 35.0 Å². The fraction of sp³-hybridized carbons (Fsp3) is 0.320. The zero-order valence-electron chi connectivity index (χ0n) is 19.7. The number of halogens is 3. The lowest BCUT2D eigenvalue weighted by Crippen LogP contribution is -2.48. The highest BCUT2D eigenvalue weighted by Gasteiger charge is 2.34. The molecule has 2 fully saturated rings. The van der Waals surface area contributed by atoms with Gasteiger partial charge in [0.25, 0.3) is 5.91 Å². The number of carbonyl (C=O) groups excluding carboxylic acids is 2. The van der Waals surface area contributed by atoms with Crippen LogP contribution in [0.3, 0.4) is 0 Å². The summed E-state index contributed by atoms with van der Waals surface area (Å²) < 4.78 is 38.3. The van der Waals surface area contributed by atoms with Crippen LogP contribution in [0.25, 0.3) is 5.70 Å². The Bertz CT molecular complexity index is 1230. The summed E-state index contributed by atoms with van der Waals surface area (Å²) in [5.74, 6) is -1.54. The van der Waals surface area contributed by atoms with Crippen molar-refractivity contribution in [2.75, 3.05) is 26.7 Å². The van der Waals surface area contributed by atoms with Gasteiger partial charge in [-0.1, -0.05) is 17.7 Å². The van der Waals surface area contributed by atoms with Gasteiger partial charge in [-0.25, -0.2) is 13.6 Å². The monoisotopic (exact) mass is 518 g/mol. The SMILES string of the molecule is CN/C(=C1/CCN(C(=O)c2cccc(OCC3CNC(=O)O3)c2Cl)[C@@H](C)C1=N)c1cc(F)cc(F)c1. The summed E-state index contributed by atoms with van der Waals surface area (Å²) in [4.78, 5) is 26.1. The van der Waals surface area contributed by atoms with Crippen LogP contribution in [0.4, 0.5) is 13.6 Å². The fourth-order valence-corrected chi connectivity index (χ4v) is 4.58. The van der Waals surface area contributed by atoms with Crippen LogP contribution in [0.5, 0.6) is 5.75 Å². The van der Waals surface area contributed by atoms with E-state index in [1.165, 1.54) is 17.0 Å². The first-order valence-corrected chi connectivity index (χ1v) is 11.7. The summed E-state index contributed by atoms with van der Waals surface area (Å²) in [5.41, 5.74) is 1.67. The number of likely N-dealkylation sites (tertiary alicyclic amines) is 1. The number of nitrogens with zero attached hydrogens (tertiary/aromatic N) is 1. The molecule has 1 unspecified atom stereocenters. The molecule has 0 bridgehead atoms. The summed E-state index contributed by atoms with van der Waals surface area (Å²) in [6, 6.07) is 7.39. The van der Waals surface area contributed by atoms with Gasteiger partial charge in [0.1, 0.15) is 24.0 Å². The molecule has 190 valence electrons. The quantitative estimate of drug-likeness (QED) is 0.536. The minimum absolute atomic E-state index is 0.0719. The smallest absolute Gasteiger partial charge is 0.407 e. The Morgan fingerprint density at radius 1 is 1.31 bits per heavy atom. The van der Waals surface area contributed by atoms with Crippen molar-refractivity contribution in [3.05, 3.63) is 69.8 Å². The number of cyclic esters (lactones) is 1. The van der Waals surface area contributed by atoms with Crippen LogP contribution >= 0.6 is 11.6 Å². The maximum Gasteiger partial charge on any atom is 0.407 e. The Morgan fingerprint density at radius 2 is 2.03 bits per heavy atom. The molecule has 0 saturated carbocycles. The lowest BCUT2D eigenvalue weighted by Gasteiger charge is -2.36. The molecule has 2 saturated heterocycles. The zero-order chi connectivity index (χ0) is 26.0. The molecule has 8 nitrogen and oxygen atoms in total. The van der Waals surface area contributed by atoms with E-state index in [9.17, 15) is 18.4 Å². The minimum atomic E-state index is -0.718. The number of carbonyl (C=O) groups is 2. The molecule has 2 heterocycles. The molecular formula is C25H25ClF2N4O4. The number of amides is 2. The lowest BCUT2D eigenvalue weighted by atomic mass is 9.90. The predicted molar refractivity (Wildman–Crippen MR) is 130 cm³/mol. The van der Waals surface area contributed by atoms with E-state index in [0.29, 0.717) is 24.2 Å². The summed E-state index contributed by atoms with van der Waals surface area (Å²) in [7, 11) is 1.62. The third-order valence-electron chi connectivity index (χ3n) is 6.14. The second-order valence-corrected chi connectivity index (χ2v) is 8.81. The van der Waals surface area contributed by atoms with Gasteiger partial charge in [0.2, 0.25) is 0 Å². The van der Waals surface area contributed by atoms with E-state index in [1.54, 1.807) is 32.2 Å². The van der Waals surface area contributed by atoms with Crippen molar-refractivity contribution < 1.29 is 27.8 Å². The highest BCUT2D eigenvalue weighted by Crippen LogP contribution is 2.32. The van der Waals surface area contributed by atoms with E-state index in [4.69, 9.17) is 26.5 Å². The fourth-order valence-electron chi connectivity index (χ4n) is 4.32. The van der Waals surface area contributed by atoms with Crippen molar-refractivity contribution in [3.63, 3.8) is 0 Å². The molecular weight excluding hydrogens is 494 g/mol. The number of hydrogen-bond donors (Lipinski definition) is 3. The average molecular weight is 519 g/mol. The molecule has 0 aliphatic carbocycles. The number of alkyl carbamates (subject to hydrolysis) is 1. The first-order chi connectivity index (χ1) is 17.2. The van der Waals surface area contributed by atoms with E-state index in [0.717, 1.165) is 6.07 Å². The molecule has 36 heavy (non-hydrogen) atoms. The molecule has 0 spiro atoms. The number of rotatable bonds is 6. The first-order valence-electron chi connectivity index (χ1n) is 11.3. The highest BCUT2D eigenvalue weighted by molar-refractivity contribution is 6.35. The van der Waals surface area contributed by atoms with Gasteiger partial charge in [-0.3, -0.25) is 4.79 Å². The summed E-state index contributed by atoms with van der Waals surface area (Å²) in [6.45, 7) is 2.37. The second kappa shape index (κ2) is 10.5. The van der Waals surface area contributed by atoms with E-state index in [1.807, 2.05) is 0 Å². The average Bonchev–Trinajstić information content (AvgIpc) is 3.25. The van der Waals surface area contributed by atoms with Crippen LogP contribution in [-0.4, -0.2) is 61.5 Å². The molecule has 0 aromatic heterocycles. The summed E-state index contributed by atoms with van der Waals surface area (Å²) in [5, 5.41) is 14.3. The Balaban J connectivity index is 1.53. The van der Waals surface area contributed by atoms with Crippen LogP contribution < -0.4 is 15.4 Å². The van der Waals surface area contributed by atoms with Crippen LogP contribution in [0.15, 0.2) is 42.0 Å².